The Bertz CT molecular complexity index is 386. The highest BCUT2D eigenvalue weighted by molar-refractivity contribution is 5.81. The fourth-order valence-electron chi connectivity index (χ4n) is 2.72. The van der Waals surface area contributed by atoms with E-state index in [1.807, 2.05) is 25.7 Å². The molecule has 2 aliphatic heterocycles. The molecule has 1 N–H and O–H groups in total. The van der Waals surface area contributed by atoms with E-state index in [0.29, 0.717) is 32.8 Å². The van der Waals surface area contributed by atoms with Crippen LogP contribution in [-0.2, 0) is 9.53 Å². The first-order valence-electron chi connectivity index (χ1n) is 7.84. The van der Waals surface area contributed by atoms with E-state index < -0.39 is 0 Å². The molecule has 0 spiro atoms. The standard InChI is InChI=1S/C15H27N3O3/c1-15(2,3)16-14(20)18-8-5-7-17(9-10-18)13(19)12-6-4-11-21-12/h12H,4-11H2,1-3H3,(H,16,20). The second kappa shape index (κ2) is 6.64. The number of nitrogens with one attached hydrogen (secondary N) is 1. The Balaban J connectivity index is 1.86. The molecule has 0 aliphatic carbocycles. The number of carbonyl (C=O) groups excluding carboxylic acids is 2. The van der Waals surface area contributed by atoms with Crippen molar-refractivity contribution in [3.8, 4) is 0 Å². The largest absolute Gasteiger partial charge is 0.368 e. The maximum Gasteiger partial charge on any atom is 0.317 e. The van der Waals surface area contributed by atoms with Crippen LogP contribution in [0.3, 0.4) is 0 Å². The summed E-state index contributed by atoms with van der Waals surface area (Å²) in [4.78, 5) is 28.2. The summed E-state index contributed by atoms with van der Waals surface area (Å²) in [7, 11) is 0. The second-order valence-electron chi connectivity index (χ2n) is 6.85. The summed E-state index contributed by atoms with van der Waals surface area (Å²) in [6.45, 7) is 9.16. The van der Waals surface area contributed by atoms with Crippen LogP contribution in [0, 0.1) is 0 Å². The van der Waals surface area contributed by atoms with Crippen molar-refractivity contribution in [3.63, 3.8) is 0 Å². The van der Waals surface area contributed by atoms with Gasteiger partial charge in [0.05, 0.1) is 0 Å². The molecule has 2 aliphatic rings. The van der Waals surface area contributed by atoms with Gasteiger partial charge in [-0.3, -0.25) is 4.79 Å². The molecule has 2 rings (SSSR count). The van der Waals surface area contributed by atoms with Crippen LogP contribution in [0.1, 0.15) is 40.0 Å². The van der Waals surface area contributed by atoms with Gasteiger partial charge in [-0.25, -0.2) is 4.79 Å². The SMILES string of the molecule is CC(C)(C)NC(=O)N1CCCN(C(=O)C2CCCO2)CC1. The number of carbonyl (C=O) groups is 2. The zero-order chi connectivity index (χ0) is 15.5. The van der Waals surface area contributed by atoms with Crippen LogP contribution in [0.5, 0.6) is 0 Å². The first-order valence-corrected chi connectivity index (χ1v) is 7.84. The number of amides is 3. The van der Waals surface area contributed by atoms with E-state index in [1.54, 1.807) is 4.90 Å². The van der Waals surface area contributed by atoms with Gasteiger partial charge in [0.2, 0.25) is 0 Å². The third kappa shape index (κ3) is 4.59. The lowest BCUT2D eigenvalue weighted by atomic mass is 10.1. The van der Waals surface area contributed by atoms with Gasteiger partial charge in [-0.1, -0.05) is 0 Å². The fourth-order valence-corrected chi connectivity index (χ4v) is 2.72. The van der Waals surface area contributed by atoms with Gasteiger partial charge in [0, 0.05) is 38.3 Å². The smallest absolute Gasteiger partial charge is 0.317 e. The normalized spacial score (nSPS) is 23.9. The van der Waals surface area contributed by atoms with E-state index in [4.69, 9.17) is 4.74 Å². The molecule has 120 valence electrons. The van der Waals surface area contributed by atoms with Crippen LogP contribution >= 0.6 is 0 Å². The van der Waals surface area contributed by atoms with Gasteiger partial charge >= 0.3 is 6.03 Å². The van der Waals surface area contributed by atoms with Gasteiger partial charge in [0.15, 0.2) is 0 Å². The molecule has 1 unspecified atom stereocenters. The fraction of sp³-hybridized carbons (Fsp3) is 0.867. The van der Waals surface area contributed by atoms with Gasteiger partial charge < -0.3 is 19.9 Å². The molecule has 2 heterocycles. The topological polar surface area (TPSA) is 61.9 Å². The van der Waals surface area contributed by atoms with Gasteiger partial charge in [-0.2, -0.15) is 0 Å². The monoisotopic (exact) mass is 297 g/mol. The minimum atomic E-state index is -0.264. The summed E-state index contributed by atoms with van der Waals surface area (Å²) < 4.78 is 5.46. The highest BCUT2D eigenvalue weighted by Gasteiger charge is 2.30. The average Bonchev–Trinajstić information content (AvgIpc) is 2.80. The van der Waals surface area contributed by atoms with Crippen LogP contribution in [0.15, 0.2) is 0 Å². The predicted molar refractivity (Wildman–Crippen MR) is 80.0 cm³/mol. The molecular weight excluding hydrogens is 270 g/mol. The Hall–Kier alpha value is -1.30. The van der Waals surface area contributed by atoms with Gasteiger partial charge in [0.25, 0.3) is 5.91 Å². The van der Waals surface area contributed by atoms with Crippen molar-refractivity contribution < 1.29 is 14.3 Å². The predicted octanol–water partition coefficient (Wildman–Crippen LogP) is 1.21. The number of ether oxygens (including phenoxy) is 1. The van der Waals surface area contributed by atoms with Crippen LogP contribution in [0.25, 0.3) is 0 Å². The molecule has 0 aromatic rings. The minimum Gasteiger partial charge on any atom is -0.368 e. The Morgan fingerprint density at radius 3 is 2.33 bits per heavy atom. The van der Waals surface area contributed by atoms with E-state index >= 15 is 0 Å². The highest BCUT2D eigenvalue weighted by Crippen LogP contribution is 2.16. The van der Waals surface area contributed by atoms with E-state index in [1.165, 1.54) is 0 Å². The van der Waals surface area contributed by atoms with Crippen LogP contribution < -0.4 is 5.32 Å². The lowest BCUT2D eigenvalue weighted by Crippen LogP contribution is -2.49. The van der Waals surface area contributed by atoms with Crippen LogP contribution in [-0.4, -0.2) is 66.2 Å². The molecule has 2 saturated heterocycles. The summed E-state index contributed by atoms with van der Waals surface area (Å²) >= 11 is 0. The lowest BCUT2D eigenvalue weighted by Gasteiger charge is -2.28. The van der Waals surface area contributed by atoms with Crippen molar-refractivity contribution >= 4 is 11.9 Å². The summed E-state index contributed by atoms with van der Waals surface area (Å²) in [5.74, 6) is 0.0885. The Morgan fingerprint density at radius 1 is 1.05 bits per heavy atom. The number of hydrogen-bond donors (Lipinski definition) is 1. The molecular formula is C15H27N3O3. The quantitative estimate of drug-likeness (QED) is 0.791. The molecule has 1 atom stereocenters. The number of hydrogen-bond acceptors (Lipinski definition) is 3. The number of urea groups is 1. The van der Waals surface area contributed by atoms with Crippen molar-refractivity contribution in [3.05, 3.63) is 0 Å². The Kier molecular flexibility index (Phi) is 5.08. The van der Waals surface area contributed by atoms with Crippen molar-refractivity contribution in [2.75, 3.05) is 32.8 Å². The molecule has 3 amide bonds. The van der Waals surface area contributed by atoms with Crippen LogP contribution in [0.4, 0.5) is 4.79 Å². The third-order valence-corrected chi connectivity index (χ3v) is 3.78. The summed E-state index contributed by atoms with van der Waals surface area (Å²) in [5.41, 5.74) is -0.240. The molecule has 2 fully saturated rings. The maximum atomic E-state index is 12.3. The third-order valence-electron chi connectivity index (χ3n) is 3.78. The van der Waals surface area contributed by atoms with Gasteiger partial charge in [0.1, 0.15) is 6.10 Å². The van der Waals surface area contributed by atoms with Crippen LogP contribution in [0.2, 0.25) is 0 Å². The van der Waals surface area contributed by atoms with Crippen molar-refractivity contribution in [2.24, 2.45) is 0 Å². The van der Waals surface area contributed by atoms with E-state index in [-0.39, 0.29) is 23.6 Å². The van der Waals surface area contributed by atoms with Gasteiger partial charge in [-0.05, 0) is 40.0 Å². The maximum absolute atomic E-state index is 12.3. The molecule has 0 radical (unpaired) electrons. The van der Waals surface area contributed by atoms with E-state index in [9.17, 15) is 9.59 Å². The van der Waals surface area contributed by atoms with E-state index in [0.717, 1.165) is 19.3 Å². The molecule has 0 aromatic heterocycles. The zero-order valence-electron chi connectivity index (χ0n) is 13.4. The zero-order valence-corrected chi connectivity index (χ0v) is 13.4. The molecule has 0 aromatic carbocycles. The molecule has 21 heavy (non-hydrogen) atoms. The number of rotatable bonds is 1. The summed E-state index contributed by atoms with van der Waals surface area (Å²) in [6, 6.07) is -0.0473. The molecule has 6 nitrogen and oxygen atoms in total. The number of nitrogens with zero attached hydrogens (tertiary/aromatic N) is 2. The molecule has 0 saturated carbocycles. The molecule has 6 heteroatoms. The molecule has 0 bridgehead atoms. The van der Waals surface area contributed by atoms with Gasteiger partial charge in [-0.15, -0.1) is 0 Å². The Morgan fingerprint density at radius 2 is 1.71 bits per heavy atom. The van der Waals surface area contributed by atoms with Crippen molar-refractivity contribution in [2.45, 2.75) is 51.7 Å². The van der Waals surface area contributed by atoms with E-state index in [2.05, 4.69) is 5.32 Å². The Labute approximate surface area is 126 Å². The second-order valence-corrected chi connectivity index (χ2v) is 6.85. The average molecular weight is 297 g/mol. The minimum absolute atomic E-state index is 0.0473. The lowest BCUT2D eigenvalue weighted by molar-refractivity contribution is -0.140. The summed E-state index contributed by atoms with van der Waals surface area (Å²) in [5, 5.41) is 2.97. The van der Waals surface area contributed by atoms with Crippen molar-refractivity contribution in [1.29, 1.82) is 0 Å². The first kappa shape index (κ1) is 16.1. The summed E-state index contributed by atoms with van der Waals surface area (Å²) in [6.07, 6.45) is 2.34. The highest BCUT2D eigenvalue weighted by atomic mass is 16.5. The first-order chi connectivity index (χ1) is 9.87. The van der Waals surface area contributed by atoms with Crippen molar-refractivity contribution in [1.82, 2.24) is 15.1 Å².